The van der Waals surface area contributed by atoms with Crippen LogP contribution in [0.5, 0.6) is 5.75 Å². The van der Waals surface area contributed by atoms with Gasteiger partial charge < -0.3 is 10.1 Å². The molecule has 1 N–H and O–H groups in total. The highest BCUT2D eigenvalue weighted by Crippen LogP contribution is 2.31. The van der Waals surface area contributed by atoms with Gasteiger partial charge in [-0.2, -0.15) is 0 Å². The molecular formula is C13H14ClNOS. The first-order valence-electron chi connectivity index (χ1n) is 5.30. The maximum atomic E-state index is 6.03. The number of rotatable bonds is 4. The molecule has 2 aromatic rings. The minimum Gasteiger partial charge on any atom is -0.495 e. The second-order valence-electron chi connectivity index (χ2n) is 3.63. The van der Waals surface area contributed by atoms with E-state index in [9.17, 15) is 0 Å². The Bertz CT molecular complexity index is 484. The van der Waals surface area contributed by atoms with E-state index in [1.807, 2.05) is 25.2 Å². The third kappa shape index (κ3) is 2.63. The van der Waals surface area contributed by atoms with E-state index in [0.29, 0.717) is 10.8 Å². The summed E-state index contributed by atoms with van der Waals surface area (Å²) in [6.07, 6.45) is 0. The van der Waals surface area contributed by atoms with Crippen LogP contribution in [0.15, 0.2) is 35.7 Å². The Morgan fingerprint density at radius 1 is 1.35 bits per heavy atom. The van der Waals surface area contributed by atoms with Crippen LogP contribution in [0, 0.1) is 0 Å². The summed E-state index contributed by atoms with van der Waals surface area (Å²) in [5.74, 6) is 0.709. The summed E-state index contributed by atoms with van der Waals surface area (Å²) in [6, 6.07) is 10.2. The molecule has 0 radical (unpaired) electrons. The largest absolute Gasteiger partial charge is 0.495 e. The maximum absolute atomic E-state index is 6.03. The lowest BCUT2D eigenvalue weighted by Gasteiger charge is -2.16. The predicted octanol–water partition coefficient (Wildman–Crippen LogP) is 3.72. The van der Waals surface area contributed by atoms with Crippen molar-refractivity contribution in [2.45, 2.75) is 6.04 Å². The van der Waals surface area contributed by atoms with Crippen LogP contribution in [0.1, 0.15) is 16.5 Å². The van der Waals surface area contributed by atoms with Crippen molar-refractivity contribution in [1.82, 2.24) is 5.32 Å². The average molecular weight is 268 g/mol. The van der Waals surface area contributed by atoms with E-state index in [2.05, 4.69) is 22.8 Å². The van der Waals surface area contributed by atoms with Crippen molar-refractivity contribution in [2.75, 3.05) is 14.2 Å². The van der Waals surface area contributed by atoms with Gasteiger partial charge in [0, 0.05) is 4.88 Å². The van der Waals surface area contributed by atoms with Gasteiger partial charge in [-0.05, 0) is 36.2 Å². The Morgan fingerprint density at radius 2 is 2.18 bits per heavy atom. The Kier molecular flexibility index (Phi) is 4.05. The summed E-state index contributed by atoms with van der Waals surface area (Å²) in [5, 5.41) is 6.02. The van der Waals surface area contributed by atoms with Crippen LogP contribution in [0.3, 0.4) is 0 Å². The predicted molar refractivity (Wildman–Crippen MR) is 73.2 cm³/mol. The quantitative estimate of drug-likeness (QED) is 0.912. The minimum atomic E-state index is 0.182. The average Bonchev–Trinajstić information content (AvgIpc) is 2.86. The topological polar surface area (TPSA) is 21.3 Å². The molecule has 0 amide bonds. The van der Waals surface area contributed by atoms with Crippen LogP contribution in [0.25, 0.3) is 0 Å². The number of halogens is 1. The summed E-state index contributed by atoms with van der Waals surface area (Å²) >= 11 is 7.76. The van der Waals surface area contributed by atoms with Crippen LogP contribution in [0.2, 0.25) is 5.02 Å². The molecule has 0 saturated carbocycles. The van der Waals surface area contributed by atoms with Crippen LogP contribution in [-0.4, -0.2) is 14.2 Å². The van der Waals surface area contributed by atoms with Gasteiger partial charge >= 0.3 is 0 Å². The molecular weight excluding hydrogens is 254 g/mol. The van der Waals surface area contributed by atoms with E-state index < -0.39 is 0 Å². The highest BCUT2D eigenvalue weighted by molar-refractivity contribution is 7.10. The Morgan fingerprint density at radius 3 is 2.76 bits per heavy atom. The molecule has 1 unspecified atom stereocenters. The molecule has 0 aliphatic heterocycles. The summed E-state index contributed by atoms with van der Waals surface area (Å²) < 4.78 is 5.24. The van der Waals surface area contributed by atoms with Crippen LogP contribution < -0.4 is 10.1 Å². The fraction of sp³-hybridized carbons (Fsp3) is 0.231. The van der Waals surface area contributed by atoms with E-state index in [-0.39, 0.29) is 6.04 Å². The number of ether oxygens (including phenoxy) is 1. The molecule has 0 fully saturated rings. The van der Waals surface area contributed by atoms with Crippen LogP contribution in [-0.2, 0) is 0 Å². The number of hydrogen-bond donors (Lipinski definition) is 1. The maximum Gasteiger partial charge on any atom is 0.137 e. The molecule has 0 saturated heterocycles. The van der Waals surface area contributed by atoms with E-state index in [1.54, 1.807) is 18.4 Å². The molecule has 1 heterocycles. The zero-order valence-electron chi connectivity index (χ0n) is 9.74. The van der Waals surface area contributed by atoms with E-state index >= 15 is 0 Å². The van der Waals surface area contributed by atoms with E-state index in [0.717, 1.165) is 5.56 Å². The van der Waals surface area contributed by atoms with Crippen molar-refractivity contribution in [1.29, 1.82) is 0 Å². The third-order valence-corrected chi connectivity index (χ3v) is 3.87. The molecule has 90 valence electrons. The van der Waals surface area contributed by atoms with Crippen molar-refractivity contribution in [3.05, 3.63) is 51.2 Å². The smallest absolute Gasteiger partial charge is 0.137 e. The monoisotopic (exact) mass is 267 g/mol. The zero-order chi connectivity index (χ0) is 12.3. The van der Waals surface area contributed by atoms with Gasteiger partial charge in [0.05, 0.1) is 18.2 Å². The van der Waals surface area contributed by atoms with Gasteiger partial charge in [-0.15, -0.1) is 11.3 Å². The first kappa shape index (κ1) is 12.4. The molecule has 1 atom stereocenters. The number of thiophene rings is 1. The lowest BCUT2D eigenvalue weighted by Crippen LogP contribution is -2.16. The van der Waals surface area contributed by atoms with Gasteiger partial charge in [0.15, 0.2) is 0 Å². The van der Waals surface area contributed by atoms with Gasteiger partial charge in [-0.3, -0.25) is 0 Å². The number of hydrogen-bond acceptors (Lipinski definition) is 3. The van der Waals surface area contributed by atoms with Crippen molar-refractivity contribution < 1.29 is 4.74 Å². The molecule has 0 aliphatic rings. The third-order valence-electron chi connectivity index (χ3n) is 2.62. The van der Waals surface area contributed by atoms with Gasteiger partial charge in [-0.1, -0.05) is 23.7 Å². The summed E-state index contributed by atoms with van der Waals surface area (Å²) in [5.41, 5.74) is 1.15. The fourth-order valence-corrected chi connectivity index (χ4v) is 2.84. The second-order valence-corrected chi connectivity index (χ2v) is 5.02. The molecule has 2 rings (SSSR count). The van der Waals surface area contributed by atoms with Crippen molar-refractivity contribution in [2.24, 2.45) is 0 Å². The summed E-state index contributed by atoms with van der Waals surface area (Å²) in [6.45, 7) is 0. The number of methoxy groups -OCH3 is 1. The Hall–Kier alpha value is -1.03. The molecule has 0 bridgehead atoms. The number of benzene rings is 1. The lowest BCUT2D eigenvalue weighted by molar-refractivity contribution is 0.414. The number of nitrogens with one attached hydrogen (secondary N) is 1. The van der Waals surface area contributed by atoms with Crippen molar-refractivity contribution >= 4 is 22.9 Å². The minimum absolute atomic E-state index is 0.182. The van der Waals surface area contributed by atoms with Gasteiger partial charge in [0.1, 0.15) is 5.75 Å². The lowest BCUT2D eigenvalue weighted by atomic mass is 10.1. The Labute approximate surface area is 110 Å². The first-order chi connectivity index (χ1) is 8.26. The normalized spacial score (nSPS) is 12.4. The first-order valence-corrected chi connectivity index (χ1v) is 6.56. The zero-order valence-corrected chi connectivity index (χ0v) is 11.3. The summed E-state index contributed by atoms with van der Waals surface area (Å²) in [4.78, 5) is 1.27. The van der Waals surface area contributed by atoms with Gasteiger partial charge in [-0.25, -0.2) is 0 Å². The molecule has 2 nitrogen and oxygen atoms in total. The van der Waals surface area contributed by atoms with E-state index in [1.165, 1.54) is 4.88 Å². The molecule has 0 aliphatic carbocycles. The SMILES string of the molecule is CNC(c1ccc(Cl)c(OC)c1)c1cccs1. The molecule has 0 spiro atoms. The van der Waals surface area contributed by atoms with Gasteiger partial charge in [0.25, 0.3) is 0 Å². The second kappa shape index (κ2) is 5.54. The van der Waals surface area contributed by atoms with E-state index in [4.69, 9.17) is 16.3 Å². The standard InChI is InChI=1S/C13H14ClNOS/c1-15-13(12-4-3-7-17-12)9-5-6-10(14)11(8-9)16-2/h3-8,13,15H,1-2H3. The van der Waals surface area contributed by atoms with Crippen molar-refractivity contribution in [3.63, 3.8) is 0 Å². The molecule has 1 aromatic carbocycles. The fourth-order valence-electron chi connectivity index (χ4n) is 1.78. The molecule has 1 aromatic heterocycles. The summed E-state index contributed by atoms with van der Waals surface area (Å²) in [7, 11) is 3.58. The highest BCUT2D eigenvalue weighted by atomic mass is 35.5. The van der Waals surface area contributed by atoms with Crippen molar-refractivity contribution in [3.8, 4) is 5.75 Å². The highest BCUT2D eigenvalue weighted by Gasteiger charge is 2.14. The Balaban J connectivity index is 2.38. The molecule has 17 heavy (non-hydrogen) atoms. The van der Waals surface area contributed by atoms with Crippen LogP contribution in [0.4, 0.5) is 0 Å². The van der Waals surface area contributed by atoms with Crippen LogP contribution >= 0.6 is 22.9 Å². The van der Waals surface area contributed by atoms with Gasteiger partial charge in [0.2, 0.25) is 0 Å². The molecule has 4 heteroatoms.